The van der Waals surface area contributed by atoms with Crippen molar-refractivity contribution in [1.29, 1.82) is 0 Å². The van der Waals surface area contributed by atoms with Gasteiger partial charge in [-0.1, -0.05) is 30.0 Å². The molecule has 1 saturated heterocycles. The molecule has 3 aromatic rings. The summed E-state index contributed by atoms with van der Waals surface area (Å²) in [7, 11) is 0. The van der Waals surface area contributed by atoms with E-state index in [1.807, 2.05) is 30.3 Å². The first kappa shape index (κ1) is 24.0. The number of imide groups is 1. The van der Waals surface area contributed by atoms with Crippen LogP contribution in [0.5, 0.6) is 5.75 Å². The molecule has 1 aromatic heterocycles. The molecule has 2 aromatic carbocycles. The molecule has 0 bridgehead atoms. The van der Waals surface area contributed by atoms with Crippen molar-refractivity contribution in [3.8, 4) is 11.4 Å². The smallest absolute Gasteiger partial charge is 0.312 e. The number of nitrogens with one attached hydrogen (secondary N) is 2. The number of ether oxygens (including phenoxy) is 1. The van der Waals surface area contributed by atoms with Crippen LogP contribution in [0, 0.1) is 4.77 Å². The molecule has 0 saturated carbocycles. The van der Waals surface area contributed by atoms with E-state index in [4.69, 9.17) is 17.0 Å². The fourth-order valence-corrected chi connectivity index (χ4v) is 4.10. The SMILES string of the molecule is O=C(Cn1ncn(-c2ccccc2)c1=S)N/N=C/c1ccc(OC(=O)C[C@@H]2SC(=O)NC2=O)cc1. The standard InChI is InChI=1S/C22H18N6O5S2/c29-18(12-28-22(34)27(13-24-28)15-4-2-1-3-5-15)26-23-11-14-6-8-16(9-7-14)33-19(30)10-17-20(31)25-21(32)35-17/h1-9,11,13,17H,10,12H2,(H,26,29)(H,25,31,32)/b23-11+/t17-/m0/s1. The number of carbonyl (C=O) groups excluding carboxylic acids is 4. The Kier molecular flexibility index (Phi) is 7.48. The number of para-hydroxylation sites is 1. The largest absolute Gasteiger partial charge is 0.426 e. The maximum Gasteiger partial charge on any atom is 0.312 e. The summed E-state index contributed by atoms with van der Waals surface area (Å²) in [5.41, 5.74) is 3.90. The Bertz CT molecular complexity index is 1350. The van der Waals surface area contributed by atoms with Gasteiger partial charge in [0.05, 0.1) is 12.6 Å². The molecular weight excluding hydrogens is 492 g/mol. The monoisotopic (exact) mass is 510 g/mol. The van der Waals surface area contributed by atoms with Gasteiger partial charge in [-0.15, -0.1) is 0 Å². The van der Waals surface area contributed by atoms with Crippen molar-refractivity contribution in [3.63, 3.8) is 0 Å². The third-order valence-corrected chi connectivity index (χ3v) is 6.08. The lowest BCUT2D eigenvalue weighted by molar-refractivity contribution is -0.135. The predicted molar refractivity (Wildman–Crippen MR) is 130 cm³/mol. The van der Waals surface area contributed by atoms with E-state index in [-0.39, 0.29) is 18.7 Å². The molecule has 13 heteroatoms. The summed E-state index contributed by atoms with van der Waals surface area (Å²) in [6.45, 7) is -0.103. The van der Waals surface area contributed by atoms with E-state index in [1.54, 1.807) is 35.2 Å². The molecule has 0 aliphatic carbocycles. The van der Waals surface area contributed by atoms with Gasteiger partial charge < -0.3 is 4.74 Å². The van der Waals surface area contributed by atoms with Gasteiger partial charge in [0, 0.05) is 5.69 Å². The lowest BCUT2D eigenvalue weighted by Gasteiger charge is -2.06. The fraction of sp³-hybridized carbons (Fsp3) is 0.136. The van der Waals surface area contributed by atoms with E-state index in [2.05, 4.69) is 20.9 Å². The summed E-state index contributed by atoms with van der Waals surface area (Å²) >= 11 is 6.14. The van der Waals surface area contributed by atoms with Gasteiger partial charge in [0.15, 0.2) is 0 Å². The van der Waals surface area contributed by atoms with Crippen molar-refractivity contribution >= 4 is 53.2 Å². The summed E-state index contributed by atoms with van der Waals surface area (Å²) in [6, 6.07) is 15.8. The summed E-state index contributed by atoms with van der Waals surface area (Å²) in [5, 5.41) is 8.92. The van der Waals surface area contributed by atoms with Crippen molar-refractivity contribution in [2.45, 2.75) is 18.2 Å². The minimum absolute atomic E-state index is 0.103. The number of thioether (sulfide) groups is 1. The normalized spacial score (nSPS) is 15.3. The summed E-state index contributed by atoms with van der Waals surface area (Å²) < 4.78 is 8.65. The molecule has 3 amide bonds. The van der Waals surface area contributed by atoms with E-state index in [0.29, 0.717) is 10.3 Å². The lowest BCUT2D eigenvalue weighted by Crippen LogP contribution is -2.27. The van der Waals surface area contributed by atoms with Crippen molar-refractivity contribution in [1.82, 2.24) is 25.1 Å². The number of amides is 3. The first-order chi connectivity index (χ1) is 16.9. The highest BCUT2D eigenvalue weighted by Crippen LogP contribution is 2.23. The van der Waals surface area contributed by atoms with Crippen molar-refractivity contribution in [2.75, 3.05) is 0 Å². The third kappa shape index (κ3) is 6.28. The number of carbonyl (C=O) groups is 4. The first-order valence-corrected chi connectivity index (χ1v) is 11.5. The van der Waals surface area contributed by atoms with Crippen molar-refractivity contribution in [3.05, 3.63) is 71.3 Å². The Morgan fingerprint density at radius 1 is 1.17 bits per heavy atom. The quantitative estimate of drug-likeness (QED) is 0.155. The number of benzene rings is 2. The van der Waals surface area contributed by atoms with Crippen LogP contribution < -0.4 is 15.5 Å². The zero-order valence-corrected chi connectivity index (χ0v) is 19.6. The van der Waals surface area contributed by atoms with Crippen LogP contribution >= 0.6 is 24.0 Å². The van der Waals surface area contributed by atoms with Gasteiger partial charge in [-0.3, -0.25) is 29.1 Å². The second kappa shape index (κ2) is 10.9. The molecule has 0 spiro atoms. The lowest BCUT2D eigenvalue weighted by atomic mass is 10.2. The zero-order valence-electron chi connectivity index (χ0n) is 18.0. The molecular formula is C22H18N6O5S2. The van der Waals surface area contributed by atoms with Crippen LogP contribution in [0.15, 0.2) is 66.0 Å². The topological polar surface area (TPSA) is 137 Å². The molecule has 2 N–H and O–H groups in total. The molecule has 1 fully saturated rings. The maximum atomic E-state index is 12.2. The van der Waals surface area contributed by atoms with Gasteiger partial charge >= 0.3 is 5.97 Å². The molecule has 1 aliphatic rings. The van der Waals surface area contributed by atoms with Gasteiger partial charge in [0.25, 0.3) is 11.1 Å². The maximum absolute atomic E-state index is 12.2. The van der Waals surface area contributed by atoms with Gasteiger partial charge in [-0.2, -0.15) is 10.2 Å². The van der Waals surface area contributed by atoms with Crippen LogP contribution in [0.1, 0.15) is 12.0 Å². The van der Waals surface area contributed by atoms with Crippen LogP contribution in [0.3, 0.4) is 0 Å². The van der Waals surface area contributed by atoms with Crippen LogP contribution in [-0.2, 0) is 20.9 Å². The summed E-state index contributed by atoms with van der Waals surface area (Å²) in [5.74, 6) is -1.27. The van der Waals surface area contributed by atoms with E-state index >= 15 is 0 Å². The number of aromatic nitrogens is 3. The number of nitrogens with zero attached hydrogens (tertiary/aromatic N) is 4. The highest BCUT2D eigenvalue weighted by molar-refractivity contribution is 8.15. The third-order valence-electron chi connectivity index (χ3n) is 4.69. The Morgan fingerprint density at radius 3 is 2.60 bits per heavy atom. The van der Waals surface area contributed by atoms with E-state index in [0.717, 1.165) is 17.4 Å². The number of hydrogen-bond donors (Lipinski definition) is 2. The fourth-order valence-electron chi connectivity index (χ4n) is 3.04. The molecule has 11 nitrogen and oxygen atoms in total. The zero-order chi connectivity index (χ0) is 24.8. The molecule has 35 heavy (non-hydrogen) atoms. The minimum Gasteiger partial charge on any atom is -0.426 e. The Balaban J connectivity index is 1.26. The van der Waals surface area contributed by atoms with Gasteiger partial charge in [0.1, 0.15) is 23.9 Å². The minimum atomic E-state index is -0.785. The molecule has 0 unspecified atom stereocenters. The Labute approximate surface area is 208 Å². The van der Waals surface area contributed by atoms with E-state index in [1.165, 1.54) is 10.9 Å². The van der Waals surface area contributed by atoms with Gasteiger partial charge in [-0.25, -0.2) is 10.1 Å². The second-order valence-electron chi connectivity index (χ2n) is 7.20. The van der Waals surface area contributed by atoms with Crippen molar-refractivity contribution in [2.24, 2.45) is 5.10 Å². The first-order valence-electron chi connectivity index (χ1n) is 10.2. The average molecular weight is 511 g/mol. The van der Waals surface area contributed by atoms with Gasteiger partial charge in [-0.05, 0) is 54.2 Å². The second-order valence-corrected chi connectivity index (χ2v) is 8.74. The van der Waals surface area contributed by atoms with Crippen LogP contribution in [0.25, 0.3) is 5.69 Å². The molecule has 4 rings (SSSR count). The van der Waals surface area contributed by atoms with Crippen LogP contribution in [-0.4, -0.2) is 48.8 Å². The molecule has 1 atom stereocenters. The van der Waals surface area contributed by atoms with Crippen LogP contribution in [0.4, 0.5) is 4.79 Å². The predicted octanol–water partition coefficient (Wildman–Crippen LogP) is 2.20. The molecule has 178 valence electrons. The molecule has 2 heterocycles. The highest BCUT2D eigenvalue weighted by atomic mass is 32.2. The Hall–Kier alpha value is -4.10. The number of esters is 1. The summed E-state index contributed by atoms with van der Waals surface area (Å²) in [6.07, 6.45) is 2.75. The number of hydrazone groups is 1. The number of rotatable bonds is 8. The number of hydrogen-bond acceptors (Lipinski definition) is 9. The van der Waals surface area contributed by atoms with E-state index < -0.39 is 28.3 Å². The summed E-state index contributed by atoms with van der Waals surface area (Å²) in [4.78, 5) is 46.9. The van der Waals surface area contributed by atoms with Crippen molar-refractivity contribution < 1.29 is 23.9 Å². The molecule has 0 radical (unpaired) electrons. The highest BCUT2D eigenvalue weighted by Gasteiger charge is 2.33. The molecule has 1 aliphatic heterocycles. The van der Waals surface area contributed by atoms with Crippen LogP contribution in [0.2, 0.25) is 0 Å². The van der Waals surface area contributed by atoms with Gasteiger partial charge in [0.2, 0.25) is 10.7 Å². The average Bonchev–Trinajstić information content (AvgIpc) is 3.35. The van der Waals surface area contributed by atoms with E-state index in [9.17, 15) is 19.2 Å². The Morgan fingerprint density at radius 2 is 1.91 bits per heavy atom.